The Kier molecular flexibility index (Phi) is 5.42. The highest BCUT2D eigenvalue weighted by Gasteiger charge is 2.16. The van der Waals surface area contributed by atoms with Crippen LogP contribution in [0.4, 0.5) is 10.5 Å². The van der Waals surface area contributed by atoms with E-state index in [4.69, 9.17) is 10.00 Å². The molecule has 1 aromatic heterocycles. The number of alkyl carbamates (subject to hydrolysis) is 1. The summed E-state index contributed by atoms with van der Waals surface area (Å²) in [5.74, 6) is 5.23. The zero-order valence-electron chi connectivity index (χ0n) is 12.3. The van der Waals surface area contributed by atoms with Crippen molar-refractivity contribution in [1.82, 2.24) is 10.3 Å². The molecule has 22 heavy (non-hydrogen) atoms. The molecule has 1 aromatic rings. The molecule has 0 radical (unpaired) electrons. The fraction of sp³-hybridized carbons (Fsp3) is 0.357. The number of carbonyl (C=O) groups excluding carboxylic acids is 1. The van der Waals surface area contributed by atoms with Crippen molar-refractivity contribution in [2.45, 2.75) is 26.4 Å². The molecule has 0 aliphatic rings. The Hall–Kier alpha value is -3.13. The number of amides is 1. The van der Waals surface area contributed by atoms with Gasteiger partial charge in [-0.05, 0) is 20.8 Å². The van der Waals surface area contributed by atoms with Gasteiger partial charge in [-0.2, -0.15) is 5.26 Å². The van der Waals surface area contributed by atoms with Gasteiger partial charge in [-0.15, -0.1) is 0 Å². The number of pyridine rings is 1. The van der Waals surface area contributed by atoms with Crippen LogP contribution in [0.5, 0.6) is 0 Å². The smallest absolute Gasteiger partial charge is 0.408 e. The second kappa shape index (κ2) is 7.04. The average molecular weight is 302 g/mol. The molecule has 114 valence electrons. The van der Waals surface area contributed by atoms with Gasteiger partial charge in [0.25, 0.3) is 0 Å². The van der Waals surface area contributed by atoms with Crippen LogP contribution in [-0.2, 0) is 4.74 Å². The average Bonchev–Trinajstić information content (AvgIpc) is 2.41. The van der Waals surface area contributed by atoms with Crippen molar-refractivity contribution in [3.63, 3.8) is 0 Å². The summed E-state index contributed by atoms with van der Waals surface area (Å²) in [6.07, 6.45) is 0.650. The summed E-state index contributed by atoms with van der Waals surface area (Å²) in [7, 11) is 0. The molecular formula is C14H14N4O4. The predicted molar refractivity (Wildman–Crippen MR) is 76.7 cm³/mol. The lowest BCUT2D eigenvalue weighted by molar-refractivity contribution is -0.385. The first kappa shape index (κ1) is 16.9. The van der Waals surface area contributed by atoms with Crippen molar-refractivity contribution in [3.8, 4) is 17.9 Å². The van der Waals surface area contributed by atoms with Gasteiger partial charge in [0.2, 0.25) is 5.69 Å². The minimum atomic E-state index is -0.699. The number of hydrogen-bond acceptors (Lipinski definition) is 6. The van der Waals surface area contributed by atoms with Crippen LogP contribution in [-0.4, -0.2) is 28.1 Å². The van der Waals surface area contributed by atoms with Gasteiger partial charge in [-0.1, -0.05) is 11.8 Å². The van der Waals surface area contributed by atoms with E-state index >= 15 is 0 Å². The zero-order valence-corrected chi connectivity index (χ0v) is 12.3. The maximum atomic E-state index is 11.4. The molecular weight excluding hydrogens is 288 g/mol. The van der Waals surface area contributed by atoms with Crippen LogP contribution in [0, 0.1) is 33.3 Å². The topological polar surface area (TPSA) is 118 Å². The highest BCUT2D eigenvalue weighted by molar-refractivity contribution is 5.68. The highest BCUT2D eigenvalue weighted by atomic mass is 16.6. The van der Waals surface area contributed by atoms with E-state index in [9.17, 15) is 14.9 Å². The molecule has 0 saturated carbocycles. The van der Waals surface area contributed by atoms with Gasteiger partial charge < -0.3 is 10.1 Å². The Balaban J connectivity index is 2.70. The molecule has 1 rings (SSSR count). The number of aromatic nitrogens is 1. The van der Waals surface area contributed by atoms with Crippen LogP contribution in [0.2, 0.25) is 0 Å². The van der Waals surface area contributed by atoms with Crippen molar-refractivity contribution >= 4 is 11.8 Å². The number of nitro groups is 1. The number of rotatable bonds is 2. The molecule has 1 amide bonds. The Labute approximate surface area is 127 Å². The van der Waals surface area contributed by atoms with Crippen molar-refractivity contribution in [2.24, 2.45) is 0 Å². The van der Waals surface area contributed by atoms with Crippen molar-refractivity contribution in [1.29, 1.82) is 5.26 Å². The minimum absolute atomic E-state index is 0.0166. The molecule has 0 atom stereocenters. The van der Waals surface area contributed by atoms with E-state index in [-0.39, 0.29) is 17.8 Å². The zero-order chi connectivity index (χ0) is 16.8. The predicted octanol–water partition coefficient (Wildman–Crippen LogP) is 1.74. The molecule has 0 spiro atoms. The lowest BCUT2D eigenvalue weighted by Crippen LogP contribution is -2.32. The maximum Gasteiger partial charge on any atom is 0.408 e. The molecule has 8 heteroatoms. The SMILES string of the molecule is CC(C)(C)OC(=O)NCC#Cc1cnc(C#N)c([N+](=O)[O-])c1. The number of nitrogens with one attached hydrogen (secondary N) is 1. The Morgan fingerprint density at radius 2 is 2.23 bits per heavy atom. The van der Waals surface area contributed by atoms with Gasteiger partial charge >= 0.3 is 11.8 Å². The fourth-order valence-corrected chi connectivity index (χ4v) is 1.32. The standard InChI is InChI=1S/C14H14N4O4/c1-14(2,3)22-13(19)16-6-4-5-10-7-12(18(20)21)11(8-15)17-9-10/h7,9H,6H2,1-3H3,(H,16,19). The molecule has 1 N–H and O–H groups in total. The van der Waals surface area contributed by atoms with E-state index in [0.29, 0.717) is 0 Å². The first-order valence-corrected chi connectivity index (χ1v) is 6.23. The second-order valence-electron chi connectivity index (χ2n) is 5.12. The number of nitriles is 1. The van der Waals surface area contributed by atoms with E-state index in [1.165, 1.54) is 6.20 Å². The van der Waals surface area contributed by atoms with E-state index in [2.05, 4.69) is 22.1 Å². The number of ether oxygens (including phenoxy) is 1. The van der Waals surface area contributed by atoms with Crippen LogP contribution >= 0.6 is 0 Å². The summed E-state index contributed by atoms with van der Waals surface area (Å²) < 4.78 is 5.02. The summed E-state index contributed by atoms with van der Waals surface area (Å²) >= 11 is 0. The monoisotopic (exact) mass is 302 g/mol. The number of hydrogen-bond donors (Lipinski definition) is 1. The maximum absolute atomic E-state index is 11.4. The van der Waals surface area contributed by atoms with Crippen LogP contribution in [0.15, 0.2) is 12.3 Å². The van der Waals surface area contributed by atoms with E-state index in [0.717, 1.165) is 6.07 Å². The molecule has 0 aliphatic heterocycles. The molecule has 0 aromatic carbocycles. The van der Waals surface area contributed by atoms with Gasteiger partial charge in [0, 0.05) is 17.8 Å². The lowest BCUT2D eigenvalue weighted by atomic mass is 10.2. The molecule has 0 fully saturated rings. The summed E-state index contributed by atoms with van der Waals surface area (Å²) in [4.78, 5) is 25.1. The largest absolute Gasteiger partial charge is 0.444 e. The van der Waals surface area contributed by atoms with Gasteiger partial charge in [0.1, 0.15) is 11.7 Å². The number of nitrogens with zero attached hydrogens (tertiary/aromatic N) is 3. The summed E-state index contributed by atoms with van der Waals surface area (Å²) in [5, 5.41) is 21.9. The summed E-state index contributed by atoms with van der Waals surface area (Å²) in [6.45, 7) is 5.22. The third kappa shape index (κ3) is 5.47. The normalized spacial score (nSPS) is 9.91. The molecule has 8 nitrogen and oxygen atoms in total. The van der Waals surface area contributed by atoms with Crippen LogP contribution in [0.25, 0.3) is 0 Å². The Morgan fingerprint density at radius 3 is 2.77 bits per heavy atom. The molecule has 0 unspecified atom stereocenters. The minimum Gasteiger partial charge on any atom is -0.444 e. The van der Waals surface area contributed by atoms with Crippen molar-refractivity contribution in [3.05, 3.63) is 33.6 Å². The van der Waals surface area contributed by atoms with Crippen molar-refractivity contribution in [2.75, 3.05) is 6.54 Å². The molecule has 0 aliphatic carbocycles. The van der Waals surface area contributed by atoms with Gasteiger partial charge in [-0.25, -0.2) is 9.78 Å². The first-order valence-electron chi connectivity index (χ1n) is 6.23. The van der Waals surface area contributed by atoms with Gasteiger partial charge in [-0.3, -0.25) is 10.1 Å². The third-order valence-corrected chi connectivity index (χ3v) is 2.12. The van der Waals surface area contributed by atoms with Crippen LogP contribution in [0.3, 0.4) is 0 Å². The Bertz CT molecular complexity index is 690. The summed E-state index contributed by atoms with van der Waals surface area (Å²) in [6, 6.07) is 2.79. The summed E-state index contributed by atoms with van der Waals surface area (Å²) in [5.41, 5.74) is -1.01. The van der Waals surface area contributed by atoms with E-state index in [1.54, 1.807) is 26.8 Å². The highest BCUT2D eigenvalue weighted by Crippen LogP contribution is 2.16. The molecule has 0 saturated heterocycles. The lowest BCUT2D eigenvalue weighted by Gasteiger charge is -2.18. The molecule has 0 bridgehead atoms. The van der Waals surface area contributed by atoms with Gasteiger partial charge in [0.05, 0.1) is 11.5 Å². The fourth-order valence-electron chi connectivity index (χ4n) is 1.32. The molecule has 1 heterocycles. The first-order chi connectivity index (χ1) is 10.2. The van der Waals surface area contributed by atoms with E-state index in [1.807, 2.05) is 0 Å². The van der Waals surface area contributed by atoms with E-state index < -0.39 is 22.3 Å². The van der Waals surface area contributed by atoms with Crippen LogP contribution in [0.1, 0.15) is 32.0 Å². The quantitative estimate of drug-likeness (QED) is 0.505. The second-order valence-corrected chi connectivity index (χ2v) is 5.12. The third-order valence-electron chi connectivity index (χ3n) is 2.12. The Morgan fingerprint density at radius 1 is 1.55 bits per heavy atom. The number of carbonyl (C=O) groups is 1. The van der Waals surface area contributed by atoms with Gasteiger partial charge in [0.15, 0.2) is 0 Å². The van der Waals surface area contributed by atoms with Crippen LogP contribution < -0.4 is 5.32 Å². The van der Waals surface area contributed by atoms with Crippen molar-refractivity contribution < 1.29 is 14.5 Å².